The highest BCUT2D eigenvalue weighted by Crippen LogP contribution is 2.33. The zero-order valence-electron chi connectivity index (χ0n) is 12.2. The molecule has 3 nitrogen and oxygen atoms in total. The molecule has 0 bridgehead atoms. The smallest absolute Gasteiger partial charge is 0.149 e. The highest BCUT2D eigenvalue weighted by molar-refractivity contribution is 6.16. The van der Waals surface area contributed by atoms with Gasteiger partial charge in [0.05, 0.1) is 0 Å². The van der Waals surface area contributed by atoms with Gasteiger partial charge in [-0.3, -0.25) is 14.6 Å². The van der Waals surface area contributed by atoms with Gasteiger partial charge < -0.3 is 0 Å². The zero-order valence-corrected chi connectivity index (χ0v) is 12.2. The maximum absolute atomic E-state index is 12.0. The lowest BCUT2D eigenvalue weighted by atomic mass is 9.72. The Morgan fingerprint density at radius 1 is 1.00 bits per heavy atom. The van der Waals surface area contributed by atoms with Gasteiger partial charge in [0.2, 0.25) is 0 Å². The second-order valence-corrected chi connectivity index (χ2v) is 6.87. The SMILES string of the molecule is CC1(C)CC(=O)C(C=NC2CCCCCC2)C(=O)C1. The number of hydrogen-bond donors (Lipinski definition) is 0. The van der Waals surface area contributed by atoms with Crippen LogP contribution in [0.5, 0.6) is 0 Å². The molecule has 2 aliphatic carbocycles. The standard InChI is InChI=1S/C16H25NO2/c1-16(2)9-14(18)13(15(19)10-16)11-17-12-7-5-3-4-6-8-12/h11-13H,3-10H2,1-2H3. The Bertz CT molecular complexity index is 356. The number of carbonyl (C=O) groups excluding carboxylic acids is 2. The average molecular weight is 263 g/mol. The third kappa shape index (κ3) is 3.99. The first-order chi connectivity index (χ1) is 8.98. The minimum atomic E-state index is -0.559. The van der Waals surface area contributed by atoms with E-state index in [2.05, 4.69) is 4.99 Å². The fourth-order valence-electron chi connectivity index (χ4n) is 3.19. The van der Waals surface area contributed by atoms with Crippen molar-refractivity contribution < 1.29 is 9.59 Å². The van der Waals surface area contributed by atoms with Gasteiger partial charge in [-0.1, -0.05) is 39.5 Å². The number of rotatable bonds is 2. The van der Waals surface area contributed by atoms with Gasteiger partial charge in [0, 0.05) is 25.1 Å². The first-order valence-corrected chi connectivity index (χ1v) is 7.57. The van der Waals surface area contributed by atoms with Crippen molar-refractivity contribution in [1.82, 2.24) is 0 Å². The number of hydrogen-bond acceptors (Lipinski definition) is 3. The van der Waals surface area contributed by atoms with E-state index in [0.717, 1.165) is 12.8 Å². The van der Waals surface area contributed by atoms with Gasteiger partial charge >= 0.3 is 0 Å². The van der Waals surface area contributed by atoms with Crippen LogP contribution in [0.2, 0.25) is 0 Å². The van der Waals surface area contributed by atoms with Crippen LogP contribution in [0.1, 0.15) is 65.2 Å². The van der Waals surface area contributed by atoms with E-state index in [1.54, 1.807) is 6.21 Å². The molecule has 0 saturated heterocycles. The van der Waals surface area contributed by atoms with Crippen molar-refractivity contribution in [2.24, 2.45) is 16.3 Å². The number of carbonyl (C=O) groups is 2. The molecule has 106 valence electrons. The van der Waals surface area contributed by atoms with E-state index in [4.69, 9.17) is 0 Å². The van der Waals surface area contributed by atoms with E-state index in [1.165, 1.54) is 25.7 Å². The molecule has 0 aromatic rings. The molecule has 0 aromatic carbocycles. The molecule has 2 aliphatic rings. The van der Waals surface area contributed by atoms with Gasteiger partial charge in [-0.2, -0.15) is 0 Å². The molecular formula is C16H25NO2. The Balaban J connectivity index is 1.97. The third-order valence-corrected chi connectivity index (χ3v) is 4.27. The van der Waals surface area contributed by atoms with Crippen molar-refractivity contribution >= 4 is 17.8 Å². The predicted octanol–water partition coefficient (Wildman–Crippen LogP) is 3.35. The van der Waals surface area contributed by atoms with Crippen LogP contribution in [0.25, 0.3) is 0 Å². The minimum Gasteiger partial charge on any atom is -0.298 e. The molecule has 0 heterocycles. The van der Waals surface area contributed by atoms with Crippen molar-refractivity contribution in [3.05, 3.63) is 0 Å². The van der Waals surface area contributed by atoms with Crippen LogP contribution in [-0.2, 0) is 9.59 Å². The van der Waals surface area contributed by atoms with Crippen LogP contribution in [0.15, 0.2) is 4.99 Å². The van der Waals surface area contributed by atoms with E-state index >= 15 is 0 Å². The summed E-state index contributed by atoms with van der Waals surface area (Å²) in [5.41, 5.74) is -0.166. The van der Waals surface area contributed by atoms with E-state index in [9.17, 15) is 9.59 Å². The second-order valence-electron chi connectivity index (χ2n) is 6.87. The molecule has 0 radical (unpaired) electrons. The molecular weight excluding hydrogens is 238 g/mol. The quantitative estimate of drug-likeness (QED) is 0.436. The maximum atomic E-state index is 12.0. The summed E-state index contributed by atoms with van der Waals surface area (Å²) in [4.78, 5) is 28.6. The molecule has 2 rings (SSSR count). The summed E-state index contributed by atoms with van der Waals surface area (Å²) >= 11 is 0. The average Bonchev–Trinajstić information content (AvgIpc) is 2.54. The molecule has 3 heteroatoms. The molecule has 0 amide bonds. The molecule has 0 unspecified atom stereocenters. The fraction of sp³-hybridized carbons (Fsp3) is 0.812. The molecule has 0 spiro atoms. The lowest BCUT2D eigenvalue weighted by molar-refractivity contribution is -0.136. The summed E-state index contributed by atoms with van der Waals surface area (Å²) in [6, 6.07) is 0.332. The number of nitrogens with zero attached hydrogens (tertiary/aromatic N) is 1. The zero-order chi connectivity index (χ0) is 13.9. The highest BCUT2D eigenvalue weighted by Gasteiger charge is 2.38. The van der Waals surface area contributed by atoms with Gasteiger partial charge in [0.25, 0.3) is 0 Å². The van der Waals surface area contributed by atoms with Crippen LogP contribution in [0.3, 0.4) is 0 Å². The van der Waals surface area contributed by atoms with E-state index < -0.39 is 5.92 Å². The Labute approximate surface area is 115 Å². The van der Waals surface area contributed by atoms with Crippen molar-refractivity contribution in [2.45, 2.75) is 71.3 Å². The summed E-state index contributed by atoms with van der Waals surface area (Å²) < 4.78 is 0. The van der Waals surface area contributed by atoms with Gasteiger partial charge in [0.15, 0.2) is 0 Å². The minimum absolute atomic E-state index is 0.0543. The van der Waals surface area contributed by atoms with Gasteiger partial charge in [0.1, 0.15) is 17.5 Å². The van der Waals surface area contributed by atoms with E-state index in [0.29, 0.717) is 18.9 Å². The molecule has 0 N–H and O–H groups in total. The number of ketones is 2. The molecule has 0 aliphatic heterocycles. The summed E-state index contributed by atoms with van der Waals surface area (Å²) in [6.07, 6.45) is 9.91. The first kappa shape index (κ1) is 14.4. The summed E-state index contributed by atoms with van der Waals surface area (Å²) in [5, 5.41) is 0. The Hall–Kier alpha value is -0.990. The molecule has 0 aromatic heterocycles. The Kier molecular flexibility index (Phi) is 4.54. The molecule has 2 fully saturated rings. The van der Waals surface area contributed by atoms with Crippen molar-refractivity contribution in [3.63, 3.8) is 0 Å². The highest BCUT2D eigenvalue weighted by atomic mass is 16.2. The number of Topliss-reactive ketones (excluding diaryl/α,β-unsaturated/α-hetero) is 2. The van der Waals surface area contributed by atoms with Crippen molar-refractivity contribution in [3.8, 4) is 0 Å². The summed E-state index contributed by atoms with van der Waals surface area (Å²) in [6.45, 7) is 3.98. The van der Waals surface area contributed by atoms with E-state index in [1.807, 2.05) is 13.8 Å². The summed E-state index contributed by atoms with van der Waals surface area (Å²) in [7, 11) is 0. The fourth-order valence-corrected chi connectivity index (χ4v) is 3.19. The van der Waals surface area contributed by atoms with Crippen LogP contribution in [-0.4, -0.2) is 23.8 Å². The summed E-state index contributed by atoms with van der Waals surface area (Å²) in [5.74, 6) is -0.450. The largest absolute Gasteiger partial charge is 0.298 e. The third-order valence-electron chi connectivity index (χ3n) is 4.27. The topological polar surface area (TPSA) is 46.5 Å². The van der Waals surface area contributed by atoms with Crippen molar-refractivity contribution in [2.75, 3.05) is 0 Å². The van der Waals surface area contributed by atoms with Gasteiger partial charge in [-0.05, 0) is 18.3 Å². The predicted molar refractivity (Wildman–Crippen MR) is 76.5 cm³/mol. The molecule has 2 saturated carbocycles. The van der Waals surface area contributed by atoms with Crippen LogP contribution in [0, 0.1) is 11.3 Å². The molecule has 0 atom stereocenters. The second kappa shape index (κ2) is 5.98. The van der Waals surface area contributed by atoms with Gasteiger partial charge in [-0.25, -0.2) is 0 Å². The van der Waals surface area contributed by atoms with Crippen molar-refractivity contribution in [1.29, 1.82) is 0 Å². The maximum Gasteiger partial charge on any atom is 0.149 e. The number of aliphatic imine (C=N–C) groups is 1. The monoisotopic (exact) mass is 263 g/mol. The van der Waals surface area contributed by atoms with E-state index in [-0.39, 0.29) is 17.0 Å². The Morgan fingerprint density at radius 3 is 2.05 bits per heavy atom. The molecule has 19 heavy (non-hydrogen) atoms. The van der Waals surface area contributed by atoms with Gasteiger partial charge in [-0.15, -0.1) is 0 Å². The Morgan fingerprint density at radius 2 is 1.53 bits per heavy atom. The normalized spacial score (nSPS) is 26.8. The lowest BCUT2D eigenvalue weighted by Crippen LogP contribution is -2.38. The van der Waals surface area contributed by atoms with Crippen LogP contribution >= 0.6 is 0 Å². The first-order valence-electron chi connectivity index (χ1n) is 7.57. The lowest BCUT2D eigenvalue weighted by Gasteiger charge is -2.30. The van der Waals surface area contributed by atoms with Crippen LogP contribution < -0.4 is 0 Å². The van der Waals surface area contributed by atoms with Crippen LogP contribution in [0.4, 0.5) is 0 Å².